The number of carbonyl (C=O) groups is 2. The molecule has 1 atom stereocenters. The Morgan fingerprint density at radius 2 is 1.73 bits per heavy atom. The second kappa shape index (κ2) is 13.4. The molecule has 2 rings (SSSR count). The largest absolute Gasteiger partial charge is 0.352 e. The lowest BCUT2D eigenvalue weighted by molar-refractivity contribution is -0.141. The number of benzene rings is 2. The van der Waals surface area contributed by atoms with Crippen molar-refractivity contribution in [2.75, 3.05) is 17.1 Å². The number of sulfonamides is 1. The van der Waals surface area contributed by atoms with Crippen LogP contribution in [0.3, 0.4) is 0 Å². The van der Waals surface area contributed by atoms with Crippen molar-refractivity contribution in [2.45, 2.75) is 58.7 Å². The Kier molecular flexibility index (Phi) is 11.1. The molecule has 2 aromatic carbocycles. The maximum absolute atomic E-state index is 13.7. The molecule has 0 saturated heterocycles. The quantitative estimate of drug-likeness (QED) is 0.378. The van der Waals surface area contributed by atoms with Crippen LogP contribution in [0.4, 0.5) is 14.5 Å². The van der Waals surface area contributed by atoms with Crippen molar-refractivity contribution in [3.05, 3.63) is 63.6 Å². The van der Waals surface area contributed by atoms with Crippen molar-refractivity contribution < 1.29 is 26.8 Å². The summed E-state index contributed by atoms with van der Waals surface area (Å²) < 4.78 is 52.6. The van der Waals surface area contributed by atoms with Crippen LogP contribution >= 0.6 is 23.2 Å². The van der Waals surface area contributed by atoms with Gasteiger partial charge in [0.15, 0.2) is 11.6 Å². The van der Waals surface area contributed by atoms with Crippen molar-refractivity contribution >= 4 is 50.7 Å². The second-order valence-electron chi connectivity index (χ2n) is 8.88. The molecule has 0 heterocycles. The van der Waals surface area contributed by atoms with Gasteiger partial charge >= 0.3 is 0 Å². The molecule has 0 unspecified atom stereocenters. The normalized spacial score (nSPS) is 12.4. The minimum atomic E-state index is -3.85. The Morgan fingerprint density at radius 3 is 2.27 bits per heavy atom. The summed E-state index contributed by atoms with van der Waals surface area (Å²) in [4.78, 5) is 27.7. The maximum Gasteiger partial charge on any atom is 0.243 e. The molecule has 204 valence electrons. The molecule has 0 aliphatic rings. The van der Waals surface area contributed by atoms with Gasteiger partial charge in [-0.2, -0.15) is 0 Å². The van der Waals surface area contributed by atoms with Crippen LogP contribution in [0.5, 0.6) is 0 Å². The number of nitrogens with zero attached hydrogens (tertiary/aromatic N) is 2. The van der Waals surface area contributed by atoms with Gasteiger partial charge in [0, 0.05) is 41.7 Å². The molecule has 0 bridgehead atoms. The Hall–Kier alpha value is -2.43. The SMILES string of the molecule is CC[C@H](C(=O)NC(C)C)N(Cc1ccc(Cl)cc1Cl)C(=O)CCCN(c1ccc(F)c(F)c1)S(C)(=O)=O. The first kappa shape index (κ1) is 30.8. The van der Waals surface area contributed by atoms with Crippen LogP contribution in [-0.4, -0.2) is 50.0 Å². The Morgan fingerprint density at radius 1 is 1.05 bits per heavy atom. The Balaban J connectivity index is 2.27. The number of nitrogens with one attached hydrogen (secondary N) is 1. The van der Waals surface area contributed by atoms with E-state index in [9.17, 15) is 26.8 Å². The van der Waals surface area contributed by atoms with E-state index in [4.69, 9.17) is 23.2 Å². The number of rotatable bonds is 12. The zero-order valence-corrected chi connectivity index (χ0v) is 23.4. The van der Waals surface area contributed by atoms with Crippen LogP contribution < -0.4 is 9.62 Å². The third kappa shape index (κ3) is 8.83. The monoisotopic (exact) mass is 577 g/mol. The molecule has 37 heavy (non-hydrogen) atoms. The summed E-state index contributed by atoms with van der Waals surface area (Å²) >= 11 is 12.3. The smallest absolute Gasteiger partial charge is 0.243 e. The van der Waals surface area contributed by atoms with Gasteiger partial charge in [-0.05, 0) is 56.5 Å². The van der Waals surface area contributed by atoms with Gasteiger partial charge in [0.25, 0.3) is 0 Å². The average molecular weight is 579 g/mol. The molecule has 0 radical (unpaired) electrons. The molecule has 1 N–H and O–H groups in total. The van der Waals surface area contributed by atoms with E-state index in [-0.39, 0.29) is 43.6 Å². The zero-order valence-electron chi connectivity index (χ0n) is 21.1. The standard InChI is InChI=1S/C25H31Cl2F2N3O4S/c1-5-23(25(34)30-16(2)3)31(15-17-8-9-18(26)13-20(17)27)24(33)7-6-12-32(37(4,35)36)19-10-11-21(28)22(29)14-19/h8-11,13-14,16,23H,5-7,12,15H2,1-4H3,(H,30,34)/t23-/m1/s1. The average Bonchev–Trinajstić information content (AvgIpc) is 2.78. The lowest BCUT2D eigenvalue weighted by Gasteiger charge is -2.32. The van der Waals surface area contributed by atoms with Gasteiger partial charge < -0.3 is 10.2 Å². The highest BCUT2D eigenvalue weighted by atomic mass is 35.5. The molecule has 0 aliphatic carbocycles. The van der Waals surface area contributed by atoms with Gasteiger partial charge in [0.05, 0.1) is 11.9 Å². The van der Waals surface area contributed by atoms with Gasteiger partial charge in [-0.25, -0.2) is 17.2 Å². The van der Waals surface area contributed by atoms with Crippen molar-refractivity contribution in [1.29, 1.82) is 0 Å². The fourth-order valence-corrected chi connectivity index (χ4v) is 5.20. The van der Waals surface area contributed by atoms with Crippen molar-refractivity contribution in [1.82, 2.24) is 10.2 Å². The van der Waals surface area contributed by atoms with E-state index in [0.717, 1.165) is 28.8 Å². The highest BCUT2D eigenvalue weighted by molar-refractivity contribution is 7.92. The second-order valence-corrected chi connectivity index (χ2v) is 11.6. The van der Waals surface area contributed by atoms with E-state index in [0.29, 0.717) is 22.0 Å². The van der Waals surface area contributed by atoms with Crippen molar-refractivity contribution in [2.24, 2.45) is 0 Å². The predicted molar refractivity (Wildman–Crippen MR) is 142 cm³/mol. The van der Waals surface area contributed by atoms with Gasteiger partial charge in [-0.15, -0.1) is 0 Å². The summed E-state index contributed by atoms with van der Waals surface area (Å²) in [5.41, 5.74) is 0.538. The van der Waals surface area contributed by atoms with Crippen LogP contribution in [0.25, 0.3) is 0 Å². The summed E-state index contributed by atoms with van der Waals surface area (Å²) in [6.45, 7) is 5.29. The molecule has 0 aliphatic heterocycles. The molecular weight excluding hydrogens is 547 g/mol. The topological polar surface area (TPSA) is 86.8 Å². The van der Waals surface area contributed by atoms with E-state index < -0.39 is 33.6 Å². The molecular formula is C25H31Cl2F2N3O4S. The highest BCUT2D eigenvalue weighted by Gasteiger charge is 2.29. The van der Waals surface area contributed by atoms with E-state index in [1.54, 1.807) is 25.1 Å². The van der Waals surface area contributed by atoms with E-state index in [1.165, 1.54) is 4.90 Å². The van der Waals surface area contributed by atoms with Crippen LogP contribution in [0.15, 0.2) is 36.4 Å². The van der Waals surface area contributed by atoms with Crippen LogP contribution in [0.2, 0.25) is 10.0 Å². The number of halogens is 4. The van der Waals surface area contributed by atoms with Crippen LogP contribution in [-0.2, 0) is 26.2 Å². The third-order valence-electron chi connectivity index (χ3n) is 5.52. The first-order chi connectivity index (χ1) is 17.2. The molecule has 0 spiro atoms. The number of amides is 2. The van der Waals surface area contributed by atoms with Crippen LogP contribution in [0, 0.1) is 11.6 Å². The van der Waals surface area contributed by atoms with E-state index in [1.807, 2.05) is 13.8 Å². The Bertz CT molecular complexity index is 1230. The Labute approximate surface area is 226 Å². The summed E-state index contributed by atoms with van der Waals surface area (Å²) in [6.07, 6.45) is 1.23. The van der Waals surface area contributed by atoms with E-state index in [2.05, 4.69) is 5.32 Å². The number of hydrogen-bond donors (Lipinski definition) is 1. The maximum atomic E-state index is 13.7. The fourth-order valence-electron chi connectivity index (χ4n) is 3.78. The lowest BCUT2D eigenvalue weighted by Crippen LogP contribution is -2.50. The van der Waals surface area contributed by atoms with E-state index >= 15 is 0 Å². The molecule has 0 saturated carbocycles. The minimum Gasteiger partial charge on any atom is -0.352 e. The molecule has 2 aromatic rings. The first-order valence-electron chi connectivity index (χ1n) is 11.7. The number of carbonyl (C=O) groups excluding carboxylic acids is 2. The zero-order chi connectivity index (χ0) is 27.9. The first-order valence-corrected chi connectivity index (χ1v) is 14.3. The van der Waals surface area contributed by atoms with Gasteiger partial charge in [0.1, 0.15) is 6.04 Å². The molecule has 0 aromatic heterocycles. The third-order valence-corrected chi connectivity index (χ3v) is 7.30. The van der Waals surface area contributed by atoms with Crippen LogP contribution in [0.1, 0.15) is 45.6 Å². The van der Waals surface area contributed by atoms with Crippen molar-refractivity contribution in [3.8, 4) is 0 Å². The van der Waals surface area contributed by atoms with Gasteiger partial charge in [0.2, 0.25) is 21.8 Å². The van der Waals surface area contributed by atoms with Gasteiger partial charge in [-0.3, -0.25) is 13.9 Å². The molecule has 7 nitrogen and oxygen atoms in total. The number of hydrogen-bond acceptors (Lipinski definition) is 4. The number of anilines is 1. The molecule has 2 amide bonds. The minimum absolute atomic E-state index is 0.0395. The summed E-state index contributed by atoms with van der Waals surface area (Å²) in [7, 11) is -3.85. The fraction of sp³-hybridized carbons (Fsp3) is 0.440. The summed E-state index contributed by atoms with van der Waals surface area (Å²) in [5.74, 6) is -3.00. The predicted octanol–water partition coefficient (Wildman–Crippen LogP) is 5.15. The van der Waals surface area contributed by atoms with Gasteiger partial charge in [-0.1, -0.05) is 36.2 Å². The highest BCUT2D eigenvalue weighted by Crippen LogP contribution is 2.25. The van der Waals surface area contributed by atoms with Crippen molar-refractivity contribution in [3.63, 3.8) is 0 Å². The summed E-state index contributed by atoms with van der Waals surface area (Å²) in [5, 5.41) is 3.59. The molecule has 12 heteroatoms. The summed E-state index contributed by atoms with van der Waals surface area (Å²) in [6, 6.07) is 6.69. The lowest BCUT2D eigenvalue weighted by atomic mass is 10.1. The molecule has 0 fully saturated rings.